The lowest BCUT2D eigenvalue weighted by atomic mass is 9.92. The highest BCUT2D eigenvalue weighted by atomic mass is 14.9. The van der Waals surface area contributed by atoms with E-state index in [1.807, 2.05) is 12.1 Å². The number of rotatable bonds is 1. The molecule has 1 unspecified atom stereocenters. The Morgan fingerprint density at radius 1 is 1.67 bits per heavy atom. The molecule has 0 amide bonds. The fourth-order valence-corrected chi connectivity index (χ4v) is 1.71. The van der Waals surface area contributed by atoms with Gasteiger partial charge in [-0.1, -0.05) is 25.5 Å². The van der Waals surface area contributed by atoms with Gasteiger partial charge in [-0.25, -0.2) is 0 Å². The molecule has 0 aliphatic carbocycles. The quantitative estimate of drug-likeness (QED) is 0.665. The number of fused-ring (bicyclic) bond motifs is 1. The van der Waals surface area contributed by atoms with Crippen molar-refractivity contribution in [3.8, 4) is 0 Å². The molecule has 0 saturated heterocycles. The summed E-state index contributed by atoms with van der Waals surface area (Å²) in [6.45, 7) is 3.38. The number of anilines is 1. The monoisotopic (exact) mass is 160 g/mol. The van der Waals surface area contributed by atoms with Crippen LogP contribution >= 0.6 is 0 Å². The van der Waals surface area contributed by atoms with Crippen LogP contribution in [0, 0.1) is 12.0 Å². The molecule has 1 aliphatic heterocycles. The average Bonchev–Trinajstić information content (AvgIpc) is 2.17. The Kier molecular flexibility index (Phi) is 2.03. The van der Waals surface area contributed by atoms with Crippen LogP contribution in [0.3, 0.4) is 0 Å². The summed E-state index contributed by atoms with van der Waals surface area (Å²) in [5, 5.41) is 3.43. The number of hydrogen-bond donors (Lipinski definition) is 1. The van der Waals surface area contributed by atoms with Gasteiger partial charge in [0.15, 0.2) is 0 Å². The van der Waals surface area contributed by atoms with Gasteiger partial charge in [-0.2, -0.15) is 0 Å². The van der Waals surface area contributed by atoms with Gasteiger partial charge in [0.1, 0.15) is 0 Å². The molecule has 1 nitrogen and oxygen atoms in total. The minimum atomic E-state index is 0.802. The molecule has 0 spiro atoms. The second-order valence-electron chi connectivity index (χ2n) is 3.42. The van der Waals surface area contributed by atoms with Crippen molar-refractivity contribution in [2.75, 3.05) is 11.9 Å². The Bertz CT molecular complexity index is 267. The summed E-state index contributed by atoms with van der Waals surface area (Å²) < 4.78 is 0. The van der Waals surface area contributed by atoms with E-state index in [1.54, 1.807) is 0 Å². The standard InChI is InChI=1S/C11H14N/c1-2-9-7-10-5-3-4-6-11(10)12-8-9/h3-4,6,9,12H,2,7-8H2,1H3. The maximum atomic E-state index is 3.43. The van der Waals surface area contributed by atoms with Crippen LogP contribution in [0.25, 0.3) is 0 Å². The summed E-state index contributed by atoms with van der Waals surface area (Å²) in [4.78, 5) is 0. The van der Waals surface area contributed by atoms with Crippen molar-refractivity contribution in [2.45, 2.75) is 19.8 Å². The zero-order valence-corrected chi connectivity index (χ0v) is 7.43. The summed E-state index contributed by atoms with van der Waals surface area (Å²) >= 11 is 0. The first-order chi connectivity index (χ1) is 5.90. The van der Waals surface area contributed by atoms with E-state index in [4.69, 9.17) is 0 Å². The third-order valence-corrected chi connectivity index (χ3v) is 2.59. The van der Waals surface area contributed by atoms with Gasteiger partial charge < -0.3 is 5.32 Å². The Hall–Kier alpha value is -0.980. The highest BCUT2D eigenvalue weighted by Crippen LogP contribution is 2.24. The summed E-state index contributed by atoms with van der Waals surface area (Å²) in [6, 6.07) is 9.47. The maximum Gasteiger partial charge on any atom is 0.0379 e. The van der Waals surface area contributed by atoms with Gasteiger partial charge in [-0.3, -0.25) is 0 Å². The van der Waals surface area contributed by atoms with E-state index < -0.39 is 0 Å². The van der Waals surface area contributed by atoms with Crippen LogP contribution in [-0.4, -0.2) is 6.54 Å². The van der Waals surface area contributed by atoms with Gasteiger partial charge in [0.05, 0.1) is 0 Å². The van der Waals surface area contributed by atoms with Crippen LogP contribution in [-0.2, 0) is 6.42 Å². The van der Waals surface area contributed by atoms with E-state index >= 15 is 0 Å². The summed E-state index contributed by atoms with van der Waals surface area (Å²) in [6.07, 6.45) is 2.45. The Morgan fingerprint density at radius 3 is 3.42 bits per heavy atom. The Labute approximate surface area is 73.8 Å². The smallest absolute Gasteiger partial charge is 0.0379 e. The highest BCUT2D eigenvalue weighted by molar-refractivity contribution is 5.52. The van der Waals surface area contributed by atoms with Crippen LogP contribution in [0.15, 0.2) is 18.2 Å². The molecule has 1 heterocycles. The molecule has 0 saturated carbocycles. The third kappa shape index (κ3) is 1.31. The second kappa shape index (κ2) is 3.18. The van der Waals surface area contributed by atoms with Gasteiger partial charge in [-0.15, -0.1) is 0 Å². The molecule has 1 atom stereocenters. The molecule has 12 heavy (non-hydrogen) atoms. The first-order valence-electron chi connectivity index (χ1n) is 4.63. The SMILES string of the molecule is CCC1CNc2ccc[c]c2C1. The minimum Gasteiger partial charge on any atom is -0.385 e. The molecule has 63 valence electrons. The summed E-state index contributed by atoms with van der Waals surface area (Å²) in [7, 11) is 0. The van der Waals surface area contributed by atoms with E-state index in [0.29, 0.717) is 0 Å². The molecule has 1 heteroatoms. The fraction of sp³-hybridized carbons (Fsp3) is 0.455. The normalized spacial score (nSPS) is 21.2. The summed E-state index contributed by atoms with van der Waals surface area (Å²) in [5.74, 6) is 0.802. The first-order valence-corrected chi connectivity index (χ1v) is 4.63. The molecule has 0 bridgehead atoms. The molecule has 1 aromatic rings. The van der Waals surface area contributed by atoms with Crippen LogP contribution in [0.2, 0.25) is 0 Å². The lowest BCUT2D eigenvalue weighted by Crippen LogP contribution is -2.22. The van der Waals surface area contributed by atoms with Crippen molar-refractivity contribution in [3.63, 3.8) is 0 Å². The topological polar surface area (TPSA) is 12.0 Å². The van der Waals surface area contributed by atoms with E-state index in [-0.39, 0.29) is 0 Å². The number of hydrogen-bond acceptors (Lipinski definition) is 1. The molecule has 1 aromatic carbocycles. The number of nitrogens with one attached hydrogen (secondary N) is 1. The van der Waals surface area contributed by atoms with Crippen molar-refractivity contribution in [2.24, 2.45) is 5.92 Å². The molecule has 1 aliphatic rings. The van der Waals surface area contributed by atoms with Crippen LogP contribution in [0.1, 0.15) is 18.9 Å². The molecular weight excluding hydrogens is 146 g/mol. The maximum absolute atomic E-state index is 3.43. The zero-order chi connectivity index (χ0) is 8.39. The zero-order valence-electron chi connectivity index (χ0n) is 7.43. The highest BCUT2D eigenvalue weighted by Gasteiger charge is 2.15. The molecular formula is C11H14N. The van der Waals surface area contributed by atoms with Crippen molar-refractivity contribution < 1.29 is 0 Å². The van der Waals surface area contributed by atoms with Crippen molar-refractivity contribution in [3.05, 3.63) is 29.8 Å². The first kappa shape index (κ1) is 7.66. The van der Waals surface area contributed by atoms with Crippen LogP contribution < -0.4 is 5.32 Å². The minimum absolute atomic E-state index is 0.802. The second-order valence-corrected chi connectivity index (χ2v) is 3.42. The third-order valence-electron chi connectivity index (χ3n) is 2.59. The molecule has 1 N–H and O–H groups in total. The van der Waals surface area contributed by atoms with Crippen LogP contribution in [0.5, 0.6) is 0 Å². The van der Waals surface area contributed by atoms with Crippen LogP contribution in [0.4, 0.5) is 5.69 Å². The largest absolute Gasteiger partial charge is 0.385 e. The lowest BCUT2D eigenvalue weighted by Gasteiger charge is -2.24. The predicted molar refractivity (Wildman–Crippen MR) is 51.3 cm³/mol. The summed E-state index contributed by atoms with van der Waals surface area (Å²) in [5.41, 5.74) is 2.64. The van der Waals surface area contributed by atoms with Gasteiger partial charge in [-0.05, 0) is 30.0 Å². The Morgan fingerprint density at radius 2 is 2.58 bits per heavy atom. The van der Waals surface area contributed by atoms with Gasteiger partial charge >= 0.3 is 0 Å². The van der Waals surface area contributed by atoms with Gasteiger partial charge in [0.2, 0.25) is 0 Å². The Balaban J connectivity index is 2.23. The predicted octanol–water partition coefficient (Wildman–Crippen LogP) is 2.48. The van der Waals surface area contributed by atoms with E-state index in [1.165, 1.54) is 24.1 Å². The lowest BCUT2D eigenvalue weighted by molar-refractivity contribution is 0.520. The van der Waals surface area contributed by atoms with E-state index in [2.05, 4.69) is 24.4 Å². The fourth-order valence-electron chi connectivity index (χ4n) is 1.71. The van der Waals surface area contributed by atoms with Crippen molar-refractivity contribution >= 4 is 5.69 Å². The van der Waals surface area contributed by atoms with Crippen molar-refractivity contribution in [1.29, 1.82) is 0 Å². The van der Waals surface area contributed by atoms with Gasteiger partial charge in [0, 0.05) is 12.2 Å². The van der Waals surface area contributed by atoms with Gasteiger partial charge in [0.25, 0.3) is 0 Å². The molecule has 0 fully saturated rings. The molecule has 1 radical (unpaired) electrons. The van der Waals surface area contributed by atoms with Crippen molar-refractivity contribution in [1.82, 2.24) is 0 Å². The average molecular weight is 160 g/mol. The molecule has 2 rings (SSSR count). The van der Waals surface area contributed by atoms with E-state index in [9.17, 15) is 0 Å². The number of benzene rings is 1. The molecule has 0 aromatic heterocycles. The van der Waals surface area contributed by atoms with E-state index in [0.717, 1.165) is 12.5 Å².